The second-order valence-electron chi connectivity index (χ2n) is 5.49. The van der Waals surface area contributed by atoms with E-state index in [9.17, 15) is 31.5 Å². The van der Waals surface area contributed by atoms with Gasteiger partial charge in [-0.05, 0) is 5.56 Å². The third-order valence-electron chi connectivity index (χ3n) is 3.51. The molecule has 0 saturated carbocycles. The third-order valence-corrected chi connectivity index (χ3v) is 3.51. The number of nitrogens with one attached hydrogen (secondary N) is 3. The van der Waals surface area contributed by atoms with Gasteiger partial charge in [0, 0.05) is 6.92 Å². The van der Waals surface area contributed by atoms with Gasteiger partial charge in [0.05, 0.1) is 12.5 Å². The second kappa shape index (κ2) is 8.47. The molecule has 0 bridgehead atoms. The maximum absolute atomic E-state index is 13.6. The van der Waals surface area contributed by atoms with Gasteiger partial charge >= 0.3 is 0 Å². The van der Waals surface area contributed by atoms with Gasteiger partial charge in [-0.3, -0.25) is 20.4 Å². The minimum atomic E-state index is -2.31. The molecule has 0 aliphatic carbocycles. The van der Waals surface area contributed by atoms with Gasteiger partial charge in [0.2, 0.25) is 17.6 Å². The van der Waals surface area contributed by atoms with E-state index in [0.29, 0.717) is 5.56 Å². The van der Waals surface area contributed by atoms with Crippen molar-refractivity contribution in [2.45, 2.75) is 19.4 Å². The van der Waals surface area contributed by atoms with Crippen molar-refractivity contribution in [3.63, 3.8) is 0 Å². The van der Waals surface area contributed by atoms with Crippen molar-refractivity contribution in [3.05, 3.63) is 65.0 Å². The summed E-state index contributed by atoms with van der Waals surface area (Å²) in [6, 6.07) is 7.60. The Labute approximate surface area is 150 Å². The predicted molar refractivity (Wildman–Crippen MR) is 85.6 cm³/mol. The number of anilines is 1. The molecule has 0 aliphatic heterocycles. The molecular formula is C17H14F5N3O2. The van der Waals surface area contributed by atoms with Gasteiger partial charge in [-0.25, -0.2) is 22.0 Å². The second-order valence-corrected chi connectivity index (χ2v) is 5.49. The highest BCUT2D eigenvalue weighted by Gasteiger charge is 2.26. The van der Waals surface area contributed by atoms with Crippen molar-refractivity contribution in [2.24, 2.45) is 0 Å². The van der Waals surface area contributed by atoms with E-state index in [4.69, 9.17) is 0 Å². The Morgan fingerprint density at radius 3 is 1.93 bits per heavy atom. The quantitative estimate of drug-likeness (QED) is 0.309. The molecule has 0 unspecified atom stereocenters. The Morgan fingerprint density at radius 1 is 0.889 bits per heavy atom. The third kappa shape index (κ3) is 4.72. The first-order valence-electron chi connectivity index (χ1n) is 7.60. The minimum absolute atomic E-state index is 0.355. The van der Waals surface area contributed by atoms with E-state index in [0.717, 1.165) is 0 Å². The Morgan fingerprint density at radius 2 is 1.41 bits per heavy atom. The van der Waals surface area contributed by atoms with Gasteiger partial charge in [-0.15, -0.1) is 0 Å². The van der Waals surface area contributed by atoms with Crippen LogP contribution in [0.3, 0.4) is 0 Å². The lowest BCUT2D eigenvalue weighted by atomic mass is 10.0. The maximum atomic E-state index is 13.6. The van der Waals surface area contributed by atoms with Crippen LogP contribution in [0.2, 0.25) is 0 Å². The van der Waals surface area contributed by atoms with Crippen molar-refractivity contribution in [1.82, 2.24) is 10.7 Å². The van der Waals surface area contributed by atoms with Crippen molar-refractivity contribution in [3.8, 4) is 0 Å². The number of hydrogen-bond acceptors (Lipinski definition) is 3. The van der Waals surface area contributed by atoms with Crippen LogP contribution >= 0.6 is 0 Å². The fourth-order valence-electron chi connectivity index (χ4n) is 2.27. The molecular weight excluding hydrogens is 373 g/mol. The molecule has 5 nitrogen and oxygen atoms in total. The van der Waals surface area contributed by atoms with Crippen LogP contribution < -0.4 is 16.2 Å². The van der Waals surface area contributed by atoms with Crippen LogP contribution in [0, 0.1) is 29.1 Å². The normalized spacial score (nSPS) is 11.6. The summed E-state index contributed by atoms with van der Waals surface area (Å²) in [5.74, 6) is -12.1. The molecule has 2 aromatic rings. The monoisotopic (exact) mass is 387 g/mol. The van der Waals surface area contributed by atoms with E-state index in [2.05, 4.69) is 5.32 Å². The minimum Gasteiger partial charge on any atom is -0.349 e. The SMILES string of the molecule is CC(=O)N[C@@H](CC(=O)NNc1c(F)c(F)c(F)c(F)c1F)c1ccccc1. The number of hydrazine groups is 1. The largest absolute Gasteiger partial charge is 0.349 e. The fourth-order valence-corrected chi connectivity index (χ4v) is 2.27. The molecule has 3 N–H and O–H groups in total. The summed E-state index contributed by atoms with van der Waals surface area (Å²) in [5, 5.41) is 2.53. The van der Waals surface area contributed by atoms with E-state index in [1.165, 1.54) is 6.92 Å². The van der Waals surface area contributed by atoms with Crippen LogP contribution in [-0.2, 0) is 9.59 Å². The molecule has 1 atom stereocenters. The fraction of sp³-hybridized carbons (Fsp3) is 0.176. The molecule has 0 saturated heterocycles. The molecule has 2 rings (SSSR count). The van der Waals surface area contributed by atoms with Crippen LogP contribution in [0.4, 0.5) is 27.6 Å². The lowest BCUT2D eigenvalue weighted by molar-refractivity contribution is -0.122. The number of hydrogen-bond donors (Lipinski definition) is 3. The molecule has 0 aromatic heterocycles. The smallest absolute Gasteiger partial charge is 0.240 e. The van der Waals surface area contributed by atoms with Crippen molar-refractivity contribution < 1.29 is 31.5 Å². The van der Waals surface area contributed by atoms with Crippen molar-refractivity contribution in [1.29, 1.82) is 0 Å². The molecule has 0 aliphatic rings. The zero-order valence-electron chi connectivity index (χ0n) is 13.9. The summed E-state index contributed by atoms with van der Waals surface area (Å²) in [6.45, 7) is 1.24. The molecule has 0 heterocycles. The average Bonchev–Trinajstić information content (AvgIpc) is 2.64. The lowest BCUT2D eigenvalue weighted by Gasteiger charge is -2.18. The Bertz CT molecular complexity index is 832. The van der Waals surface area contributed by atoms with Crippen LogP contribution in [0.5, 0.6) is 0 Å². The number of amides is 2. The van der Waals surface area contributed by atoms with Crippen LogP contribution in [-0.4, -0.2) is 11.8 Å². The van der Waals surface area contributed by atoms with Gasteiger partial charge in [0.15, 0.2) is 23.3 Å². The standard InChI is InChI=1S/C17H14F5N3O2/c1-8(26)23-10(9-5-3-2-4-6-9)7-11(27)24-25-17-15(21)13(19)12(18)14(20)16(17)22/h2-6,10,25H,7H2,1H3,(H,23,26)(H,24,27)/t10-/m0/s1. The molecule has 0 radical (unpaired) electrons. The van der Waals surface area contributed by atoms with E-state index in [-0.39, 0.29) is 6.42 Å². The summed E-state index contributed by atoms with van der Waals surface area (Å²) in [4.78, 5) is 23.3. The van der Waals surface area contributed by atoms with Crippen LogP contribution in [0.25, 0.3) is 0 Å². The van der Waals surface area contributed by atoms with Crippen LogP contribution in [0.15, 0.2) is 30.3 Å². The molecule has 27 heavy (non-hydrogen) atoms. The van der Waals surface area contributed by atoms with E-state index < -0.39 is 52.6 Å². The van der Waals surface area contributed by atoms with Crippen molar-refractivity contribution in [2.75, 3.05) is 5.43 Å². The van der Waals surface area contributed by atoms with Crippen molar-refractivity contribution >= 4 is 17.5 Å². The van der Waals surface area contributed by atoms with E-state index >= 15 is 0 Å². The zero-order chi connectivity index (χ0) is 20.1. The number of benzene rings is 2. The molecule has 144 valence electrons. The first-order chi connectivity index (χ1) is 12.7. The maximum Gasteiger partial charge on any atom is 0.240 e. The Hall–Kier alpha value is -3.17. The Balaban J connectivity index is 2.12. The number of halogens is 5. The lowest BCUT2D eigenvalue weighted by Crippen LogP contribution is -2.35. The first-order valence-corrected chi connectivity index (χ1v) is 7.60. The summed E-state index contributed by atoms with van der Waals surface area (Å²) in [7, 11) is 0. The zero-order valence-corrected chi connectivity index (χ0v) is 13.9. The summed E-state index contributed by atoms with van der Waals surface area (Å²) >= 11 is 0. The number of rotatable bonds is 6. The molecule has 10 heteroatoms. The first kappa shape index (κ1) is 20.1. The molecule has 2 amide bonds. The highest BCUT2D eigenvalue weighted by molar-refractivity contribution is 5.80. The van der Waals surface area contributed by atoms with Gasteiger partial charge in [-0.1, -0.05) is 30.3 Å². The highest BCUT2D eigenvalue weighted by Crippen LogP contribution is 2.26. The number of carbonyl (C=O) groups excluding carboxylic acids is 2. The molecule has 2 aromatic carbocycles. The average molecular weight is 387 g/mol. The van der Waals surface area contributed by atoms with E-state index in [1.54, 1.807) is 35.8 Å². The summed E-state index contributed by atoms with van der Waals surface area (Å²) < 4.78 is 66.4. The summed E-state index contributed by atoms with van der Waals surface area (Å²) in [6.07, 6.45) is -0.355. The number of carbonyl (C=O) groups is 2. The van der Waals surface area contributed by atoms with Crippen LogP contribution in [0.1, 0.15) is 24.9 Å². The summed E-state index contributed by atoms with van der Waals surface area (Å²) in [5.41, 5.74) is 2.73. The van der Waals surface area contributed by atoms with Gasteiger partial charge < -0.3 is 5.32 Å². The van der Waals surface area contributed by atoms with Gasteiger partial charge in [0.25, 0.3) is 0 Å². The van der Waals surface area contributed by atoms with Gasteiger partial charge in [-0.2, -0.15) is 0 Å². The predicted octanol–water partition coefficient (Wildman–Crippen LogP) is 3.09. The molecule has 0 spiro atoms. The highest BCUT2D eigenvalue weighted by atomic mass is 19.2. The molecule has 0 fully saturated rings. The van der Waals surface area contributed by atoms with E-state index in [1.807, 2.05) is 5.43 Å². The topological polar surface area (TPSA) is 70.2 Å². The van der Waals surface area contributed by atoms with Gasteiger partial charge in [0.1, 0.15) is 5.69 Å². The Kier molecular flexibility index (Phi) is 6.32.